The summed E-state index contributed by atoms with van der Waals surface area (Å²) >= 11 is 0. The summed E-state index contributed by atoms with van der Waals surface area (Å²) in [5.41, 5.74) is 5.70. The van der Waals surface area contributed by atoms with Crippen molar-refractivity contribution in [2.75, 3.05) is 38.7 Å². The van der Waals surface area contributed by atoms with Gasteiger partial charge in [0.2, 0.25) is 0 Å². The number of ether oxygens (including phenoxy) is 3. The summed E-state index contributed by atoms with van der Waals surface area (Å²) in [4.78, 5) is 11.3. The smallest absolute Gasteiger partial charge is 0.407 e. The quantitative estimate of drug-likeness (QED) is 0.660. The Morgan fingerprint density at radius 3 is 2.55 bits per heavy atom. The molecule has 0 aromatic carbocycles. The fraction of sp³-hybridized carbons (Fsp3) is 0.714. The lowest BCUT2D eigenvalue weighted by molar-refractivity contribution is 0.0378. The van der Waals surface area contributed by atoms with Gasteiger partial charge >= 0.3 is 6.09 Å². The van der Waals surface area contributed by atoms with Crippen LogP contribution in [0.5, 0.6) is 0 Å². The van der Waals surface area contributed by atoms with E-state index in [2.05, 4.69) is 10.4 Å². The van der Waals surface area contributed by atoms with Crippen LogP contribution in [-0.4, -0.2) is 54.4 Å². The fourth-order valence-corrected chi connectivity index (χ4v) is 1.52. The molecule has 0 spiro atoms. The zero-order chi connectivity index (χ0) is 16.4. The van der Waals surface area contributed by atoms with Gasteiger partial charge in [0.25, 0.3) is 0 Å². The lowest BCUT2D eigenvalue weighted by atomic mass is 10.2. The van der Waals surface area contributed by atoms with Crippen LogP contribution in [0.4, 0.5) is 10.5 Å². The number of nitrogens with two attached hydrogens (primary N) is 1. The third-order valence-corrected chi connectivity index (χ3v) is 2.40. The second-order valence-corrected chi connectivity index (χ2v) is 5.69. The van der Waals surface area contributed by atoms with Gasteiger partial charge in [0, 0.05) is 12.7 Å². The number of carbonyl (C=O) groups excluding carboxylic acids is 1. The number of amides is 1. The predicted molar refractivity (Wildman–Crippen MR) is 82.5 cm³/mol. The molecule has 0 atom stereocenters. The Bertz CT molecular complexity index is 442. The maximum atomic E-state index is 11.3. The molecule has 8 nitrogen and oxygen atoms in total. The van der Waals surface area contributed by atoms with Gasteiger partial charge in [0.05, 0.1) is 44.9 Å². The summed E-state index contributed by atoms with van der Waals surface area (Å²) in [6, 6.07) is 0. The van der Waals surface area contributed by atoms with Crippen LogP contribution in [-0.2, 0) is 20.8 Å². The third-order valence-electron chi connectivity index (χ3n) is 2.40. The van der Waals surface area contributed by atoms with Crippen molar-refractivity contribution in [1.82, 2.24) is 15.1 Å². The number of anilines is 1. The van der Waals surface area contributed by atoms with Crippen LogP contribution in [0.15, 0.2) is 12.4 Å². The summed E-state index contributed by atoms with van der Waals surface area (Å²) in [5, 5.41) is 6.66. The monoisotopic (exact) mass is 314 g/mol. The molecule has 3 N–H and O–H groups in total. The number of aromatic nitrogens is 2. The van der Waals surface area contributed by atoms with E-state index in [1.165, 1.54) is 0 Å². The number of nitrogen functional groups attached to an aromatic ring is 1. The summed E-state index contributed by atoms with van der Waals surface area (Å²) in [6.45, 7) is 8.42. The second-order valence-electron chi connectivity index (χ2n) is 5.69. The van der Waals surface area contributed by atoms with Crippen molar-refractivity contribution in [3.8, 4) is 0 Å². The zero-order valence-electron chi connectivity index (χ0n) is 13.5. The van der Waals surface area contributed by atoms with Crippen LogP contribution in [0.25, 0.3) is 0 Å². The summed E-state index contributed by atoms with van der Waals surface area (Å²) in [5.74, 6) is 0. The molecular formula is C14H26N4O4. The number of rotatable bonds is 9. The average molecular weight is 314 g/mol. The second kappa shape index (κ2) is 9.26. The minimum atomic E-state index is -0.488. The number of alkyl carbamates (subject to hydrolysis) is 1. The van der Waals surface area contributed by atoms with E-state index >= 15 is 0 Å². The Hall–Kier alpha value is -1.80. The molecule has 22 heavy (non-hydrogen) atoms. The lowest BCUT2D eigenvalue weighted by Gasteiger charge is -2.19. The Labute approximate surface area is 130 Å². The first-order valence-electron chi connectivity index (χ1n) is 7.27. The Balaban J connectivity index is 1.88. The number of hydrogen-bond acceptors (Lipinski definition) is 6. The van der Waals surface area contributed by atoms with Gasteiger partial charge in [-0.15, -0.1) is 0 Å². The molecule has 0 aliphatic carbocycles. The van der Waals surface area contributed by atoms with Crippen molar-refractivity contribution in [3.63, 3.8) is 0 Å². The Kier molecular flexibility index (Phi) is 7.69. The molecule has 1 aromatic heterocycles. The van der Waals surface area contributed by atoms with E-state index < -0.39 is 11.7 Å². The molecule has 0 saturated carbocycles. The van der Waals surface area contributed by atoms with E-state index in [-0.39, 0.29) is 0 Å². The van der Waals surface area contributed by atoms with Gasteiger partial charge in [-0.2, -0.15) is 5.10 Å². The summed E-state index contributed by atoms with van der Waals surface area (Å²) in [6.07, 6.45) is 2.91. The van der Waals surface area contributed by atoms with Crippen molar-refractivity contribution >= 4 is 11.8 Å². The highest BCUT2D eigenvalue weighted by molar-refractivity contribution is 5.67. The molecule has 0 aliphatic rings. The highest BCUT2D eigenvalue weighted by Gasteiger charge is 2.15. The number of nitrogens with zero attached hydrogens (tertiary/aromatic N) is 2. The molecule has 1 amide bonds. The van der Waals surface area contributed by atoms with E-state index in [1.807, 2.05) is 20.8 Å². The zero-order valence-corrected chi connectivity index (χ0v) is 13.5. The molecule has 0 radical (unpaired) electrons. The maximum absolute atomic E-state index is 11.3. The van der Waals surface area contributed by atoms with Crippen molar-refractivity contribution in [3.05, 3.63) is 12.4 Å². The van der Waals surface area contributed by atoms with Gasteiger partial charge in [-0.05, 0) is 20.8 Å². The largest absolute Gasteiger partial charge is 0.444 e. The number of nitrogens with one attached hydrogen (secondary N) is 1. The number of carbonyl (C=O) groups is 1. The first-order chi connectivity index (χ1) is 10.4. The lowest BCUT2D eigenvalue weighted by Crippen LogP contribution is -2.34. The van der Waals surface area contributed by atoms with Crippen LogP contribution in [0.1, 0.15) is 20.8 Å². The Morgan fingerprint density at radius 1 is 1.27 bits per heavy atom. The van der Waals surface area contributed by atoms with Crippen LogP contribution in [0.2, 0.25) is 0 Å². The molecule has 1 rings (SSSR count). The molecular weight excluding hydrogens is 288 g/mol. The summed E-state index contributed by atoms with van der Waals surface area (Å²) in [7, 11) is 0. The SMILES string of the molecule is CC(C)(C)OC(=O)NCCOCCOCCn1cc(N)cn1. The highest BCUT2D eigenvalue weighted by atomic mass is 16.6. The van der Waals surface area contributed by atoms with E-state index in [0.29, 0.717) is 45.2 Å². The first-order valence-corrected chi connectivity index (χ1v) is 7.27. The van der Waals surface area contributed by atoms with E-state index in [1.54, 1.807) is 17.1 Å². The molecule has 0 unspecified atom stereocenters. The van der Waals surface area contributed by atoms with Crippen LogP contribution in [0, 0.1) is 0 Å². The molecule has 0 bridgehead atoms. The third kappa shape index (κ3) is 9.19. The molecule has 1 heterocycles. The predicted octanol–water partition coefficient (Wildman–Crippen LogP) is 1.02. The average Bonchev–Trinajstić information content (AvgIpc) is 2.80. The van der Waals surface area contributed by atoms with Gasteiger partial charge in [-0.1, -0.05) is 0 Å². The van der Waals surface area contributed by atoms with E-state index in [0.717, 1.165) is 0 Å². The van der Waals surface area contributed by atoms with Crippen molar-refractivity contribution < 1.29 is 19.0 Å². The van der Waals surface area contributed by atoms with Crippen molar-refractivity contribution in [2.24, 2.45) is 0 Å². The standard InChI is InChI=1S/C14H26N4O4/c1-14(2,3)22-13(19)16-4-6-20-8-9-21-7-5-18-11-12(15)10-17-18/h10-11H,4-9,15H2,1-3H3,(H,16,19). The van der Waals surface area contributed by atoms with Gasteiger partial charge in [0.1, 0.15) is 5.60 Å². The van der Waals surface area contributed by atoms with Crippen molar-refractivity contribution in [2.45, 2.75) is 32.9 Å². The van der Waals surface area contributed by atoms with Gasteiger partial charge < -0.3 is 25.3 Å². The molecule has 0 aliphatic heterocycles. The highest BCUT2D eigenvalue weighted by Crippen LogP contribution is 2.06. The topological polar surface area (TPSA) is 101 Å². The van der Waals surface area contributed by atoms with E-state index in [9.17, 15) is 4.79 Å². The minimum Gasteiger partial charge on any atom is -0.444 e. The normalized spacial score (nSPS) is 11.4. The Morgan fingerprint density at radius 2 is 1.95 bits per heavy atom. The van der Waals surface area contributed by atoms with Crippen molar-refractivity contribution in [1.29, 1.82) is 0 Å². The number of hydrogen-bond donors (Lipinski definition) is 2. The van der Waals surface area contributed by atoms with Crippen LogP contribution >= 0.6 is 0 Å². The molecule has 1 aromatic rings. The molecule has 126 valence electrons. The summed E-state index contributed by atoms with van der Waals surface area (Å²) < 4.78 is 17.6. The minimum absolute atomic E-state index is 0.404. The first kappa shape index (κ1) is 18.2. The van der Waals surface area contributed by atoms with Gasteiger partial charge in [0.15, 0.2) is 0 Å². The molecule has 0 fully saturated rings. The maximum Gasteiger partial charge on any atom is 0.407 e. The molecule has 8 heteroatoms. The van der Waals surface area contributed by atoms with Gasteiger partial charge in [-0.3, -0.25) is 4.68 Å². The van der Waals surface area contributed by atoms with Crippen LogP contribution < -0.4 is 11.1 Å². The van der Waals surface area contributed by atoms with Crippen LogP contribution in [0.3, 0.4) is 0 Å². The van der Waals surface area contributed by atoms with Gasteiger partial charge in [-0.25, -0.2) is 4.79 Å². The molecule has 0 saturated heterocycles. The fourth-order valence-electron chi connectivity index (χ4n) is 1.52. The van der Waals surface area contributed by atoms with E-state index in [4.69, 9.17) is 19.9 Å².